The highest BCUT2D eigenvalue weighted by molar-refractivity contribution is 7.89. The number of carbonyl (C=O) groups excluding carboxylic acids is 1. The summed E-state index contributed by atoms with van der Waals surface area (Å²) in [6, 6.07) is 10.5. The minimum atomic E-state index is -3.69. The number of sulfonamides is 1. The van der Waals surface area contributed by atoms with Crippen LogP contribution in [-0.2, 0) is 16.4 Å². The zero-order valence-corrected chi connectivity index (χ0v) is 14.0. The van der Waals surface area contributed by atoms with E-state index in [-0.39, 0.29) is 28.8 Å². The lowest BCUT2D eigenvalue weighted by Gasteiger charge is -2.21. The Bertz CT molecular complexity index is 899. The van der Waals surface area contributed by atoms with Gasteiger partial charge in [0.15, 0.2) is 5.76 Å². The van der Waals surface area contributed by atoms with E-state index in [9.17, 15) is 13.2 Å². The summed E-state index contributed by atoms with van der Waals surface area (Å²) in [6.45, 7) is 1.97. The average Bonchev–Trinajstić information content (AvgIpc) is 3.09. The van der Waals surface area contributed by atoms with Crippen LogP contribution in [0.3, 0.4) is 0 Å². The van der Waals surface area contributed by atoms with Crippen LogP contribution < -0.4 is 9.62 Å². The van der Waals surface area contributed by atoms with E-state index in [0.717, 1.165) is 30.5 Å². The minimum absolute atomic E-state index is 0.00430. The molecule has 0 bridgehead atoms. The normalized spacial score (nSPS) is 20.2. The Morgan fingerprint density at radius 1 is 1.21 bits per heavy atom. The Hall–Kier alpha value is -2.12. The molecule has 0 saturated heterocycles. The number of nitrogens with zero attached hydrogens (tertiary/aromatic N) is 1. The molecule has 1 aliphatic heterocycles. The predicted molar refractivity (Wildman–Crippen MR) is 88.5 cm³/mol. The fourth-order valence-corrected chi connectivity index (χ4v) is 4.29. The number of fused-ring (bicyclic) bond motifs is 1. The van der Waals surface area contributed by atoms with Crippen molar-refractivity contribution in [3.63, 3.8) is 0 Å². The van der Waals surface area contributed by atoms with Gasteiger partial charge in [-0.25, -0.2) is 13.1 Å². The second-order valence-corrected chi connectivity index (χ2v) is 8.02. The van der Waals surface area contributed by atoms with Crippen molar-refractivity contribution in [1.29, 1.82) is 0 Å². The van der Waals surface area contributed by atoms with Gasteiger partial charge in [-0.05, 0) is 49.9 Å². The molecule has 1 atom stereocenters. The highest BCUT2D eigenvalue weighted by atomic mass is 32.2. The summed E-state index contributed by atoms with van der Waals surface area (Å²) in [4.78, 5) is 14.5. The van der Waals surface area contributed by atoms with E-state index in [1.54, 1.807) is 4.90 Å². The molecule has 0 radical (unpaired) electrons. The molecule has 2 aromatic rings. The molecular formula is C17H18N2O4S. The number of benzene rings is 1. The number of hydrogen-bond acceptors (Lipinski definition) is 4. The maximum Gasteiger partial charge on any atom is 0.294 e. The maximum atomic E-state index is 12.8. The molecule has 0 spiro atoms. The van der Waals surface area contributed by atoms with Crippen LogP contribution in [0.5, 0.6) is 0 Å². The molecule has 1 aromatic carbocycles. The van der Waals surface area contributed by atoms with Gasteiger partial charge in [0.05, 0.1) is 0 Å². The van der Waals surface area contributed by atoms with Gasteiger partial charge >= 0.3 is 0 Å². The van der Waals surface area contributed by atoms with Crippen molar-refractivity contribution in [2.24, 2.45) is 0 Å². The molecule has 4 rings (SSSR count). The first-order chi connectivity index (χ1) is 11.5. The number of furan rings is 1. The summed E-state index contributed by atoms with van der Waals surface area (Å²) in [5.41, 5.74) is 1.96. The summed E-state index contributed by atoms with van der Waals surface area (Å²) in [5, 5.41) is -0.210. The number of rotatable bonds is 4. The van der Waals surface area contributed by atoms with Crippen molar-refractivity contribution in [2.45, 2.75) is 43.4 Å². The topological polar surface area (TPSA) is 79.6 Å². The molecule has 6 nitrogen and oxygen atoms in total. The third-order valence-electron chi connectivity index (χ3n) is 4.38. The Balaban J connectivity index is 1.62. The largest absolute Gasteiger partial charge is 0.438 e. The number of amides is 1. The van der Waals surface area contributed by atoms with Gasteiger partial charge in [-0.1, -0.05) is 18.2 Å². The van der Waals surface area contributed by atoms with E-state index in [4.69, 9.17) is 4.42 Å². The third-order valence-corrected chi connectivity index (χ3v) is 5.77. The van der Waals surface area contributed by atoms with Crippen LogP contribution in [-0.4, -0.2) is 26.4 Å². The van der Waals surface area contributed by atoms with Crippen molar-refractivity contribution >= 4 is 21.6 Å². The van der Waals surface area contributed by atoms with Crippen molar-refractivity contribution in [1.82, 2.24) is 4.72 Å². The molecule has 2 aliphatic rings. The van der Waals surface area contributed by atoms with Crippen molar-refractivity contribution < 1.29 is 17.6 Å². The van der Waals surface area contributed by atoms with E-state index < -0.39 is 10.0 Å². The van der Waals surface area contributed by atoms with Gasteiger partial charge < -0.3 is 9.32 Å². The van der Waals surface area contributed by atoms with Crippen LogP contribution in [0, 0.1) is 0 Å². The summed E-state index contributed by atoms with van der Waals surface area (Å²) >= 11 is 0. The lowest BCUT2D eigenvalue weighted by Crippen LogP contribution is -2.35. The van der Waals surface area contributed by atoms with Gasteiger partial charge in [0.25, 0.3) is 15.9 Å². The Labute approximate surface area is 140 Å². The molecule has 126 valence electrons. The van der Waals surface area contributed by atoms with E-state index in [0.29, 0.717) is 0 Å². The number of nitrogens with one attached hydrogen (secondary N) is 1. The molecule has 1 aromatic heterocycles. The van der Waals surface area contributed by atoms with Gasteiger partial charge in [0.1, 0.15) is 0 Å². The van der Waals surface area contributed by atoms with Gasteiger partial charge in [-0.3, -0.25) is 4.79 Å². The summed E-state index contributed by atoms with van der Waals surface area (Å²) < 4.78 is 32.3. The van der Waals surface area contributed by atoms with Crippen molar-refractivity contribution in [2.75, 3.05) is 4.90 Å². The first kappa shape index (κ1) is 15.4. The van der Waals surface area contributed by atoms with Gasteiger partial charge in [-0.15, -0.1) is 0 Å². The van der Waals surface area contributed by atoms with Crippen LogP contribution in [0.25, 0.3) is 0 Å². The summed E-state index contributed by atoms with van der Waals surface area (Å²) in [7, 11) is -3.69. The van der Waals surface area contributed by atoms with E-state index in [1.165, 1.54) is 12.1 Å². The van der Waals surface area contributed by atoms with Gasteiger partial charge in [-0.2, -0.15) is 0 Å². The van der Waals surface area contributed by atoms with E-state index in [2.05, 4.69) is 4.72 Å². The SMILES string of the molecule is C[C@H]1Cc2ccccc2N1C(=O)c1ccc(S(=O)(=O)NC2CC2)o1. The highest BCUT2D eigenvalue weighted by Crippen LogP contribution is 2.33. The van der Waals surface area contributed by atoms with Crippen LogP contribution in [0.4, 0.5) is 5.69 Å². The van der Waals surface area contributed by atoms with Gasteiger partial charge in [0, 0.05) is 17.8 Å². The highest BCUT2D eigenvalue weighted by Gasteiger charge is 2.34. The Morgan fingerprint density at radius 2 is 1.96 bits per heavy atom. The Morgan fingerprint density at radius 3 is 2.71 bits per heavy atom. The number of anilines is 1. The van der Waals surface area contributed by atoms with Crippen LogP contribution >= 0.6 is 0 Å². The molecule has 1 fully saturated rings. The zero-order chi connectivity index (χ0) is 16.9. The smallest absolute Gasteiger partial charge is 0.294 e. The number of hydrogen-bond donors (Lipinski definition) is 1. The zero-order valence-electron chi connectivity index (χ0n) is 13.2. The molecule has 1 aliphatic carbocycles. The van der Waals surface area contributed by atoms with Crippen LogP contribution in [0.2, 0.25) is 0 Å². The second-order valence-electron chi connectivity index (χ2n) is 6.37. The third kappa shape index (κ3) is 2.63. The minimum Gasteiger partial charge on any atom is -0.438 e. The standard InChI is InChI=1S/C17H18N2O4S/c1-11-10-12-4-2-3-5-14(12)19(11)17(20)15-8-9-16(23-15)24(21,22)18-13-6-7-13/h2-5,8-9,11,13,18H,6-7,10H2,1H3/t11-/m0/s1. The molecule has 2 heterocycles. The first-order valence-electron chi connectivity index (χ1n) is 7.99. The predicted octanol–water partition coefficient (Wildman–Crippen LogP) is 2.31. The lowest BCUT2D eigenvalue weighted by atomic mass is 10.1. The molecule has 24 heavy (non-hydrogen) atoms. The monoisotopic (exact) mass is 346 g/mol. The van der Waals surface area contributed by atoms with Crippen LogP contribution in [0.1, 0.15) is 35.9 Å². The van der Waals surface area contributed by atoms with Crippen molar-refractivity contribution in [3.05, 3.63) is 47.7 Å². The van der Waals surface area contributed by atoms with Crippen molar-refractivity contribution in [3.8, 4) is 0 Å². The Kier molecular flexibility index (Phi) is 3.51. The lowest BCUT2D eigenvalue weighted by molar-refractivity contribution is 0.0949. The number of para-hydroxylation sites is 1. The molecule has 1 saturated carbocycles. The summed E-state index contributed by atoms with van der Waals surface area (Å²) in [5.74, 6) is -0.282. The molecule has 0 unspecified atom stereocenters. The van der Waals surface area contributed by atoms with Gasteiger partial charge in [0.2, 0.25) is 5.09 Å². The summed E-state index contributed by atoms with van der Waals surface area (Å²) in [6.07, 6.45) is 2.46. The van der Waals surface area contributed by atoms with E-state index in [1.807, 2.05) is 31.2 Å². The fourth-order valence-electron chi connectivity index (χ4n) is 3.05. The molecule has 1 N–H and O–H groups in total. The van der Waals surface area contributed by atoms with E-state index >= 15 is 0 Å². The first-order valence-corrected chi connectivity index (χ1v) is 9.47. The number of carbonyl (C=O) groups is 1. The molecular weight excluding hydrogens is 328 g/mol. The second kappa shape index (κ2) is 5.46. The fraction of sp³-hybridized carbons (Fsp3) is 0.353. The quantitative estimate of drug-likeness (QED) is 0.921. The molecule has 1 amide bonds. The average molecular weight is 346 g/mol. The van der Waals surface area contributed by atoms with Crippen LogP contribution in [0.15, 0.2) is 45.9 Å². The maximum absolute atomic E-state index is 12.8. The molecule has 7 heteroatoms.